The number of aromatic nitrogens is 2. The molecule has 0 bridgehead atoms. The van der Waals surface area contributed by atoms with Crippen molar-refractivity contribution in [3.8, 4) is 0 Å². The van der Waals surface area contributed by atoms with Crippen LogP contribution in [0.1, 0.15) is 123 Å². The highest BCUT2D eigenvalue weighted by atomic mass is 19.3. The van der Waals surface area contributed by atoms with E-state index < -0.39 is 23.8 Å². The first kappa shape index (κ1) is 40.8. The number of rotatable bonds is 8. The summed E-state index contributed by atoms with van der Waals surface area (Å²) in [5.74, 6) is -4.62. The Hall–Kier alpha value is -1.87. The molecule has 7 rings (SSSR count). The monoisotopic (exact) mass is 755 g/mol. The summed E-state index contributed by atoms with van der Waals surface area (Å²) in [4.78, 5) is 28.9. The minimum absolute atomic E-state index is 0.0450. The molecule has 1 aromatic rings. The summed E-state index contributed by atoms with van der Waals surface area (Å²) in [6, 6.07) is -0.333. The quantitative estimate of drug-likeness (QED) is 0.342. The van der Waals surface area contributed by atoms with Crippen LogP contribution in [0.3, 0.4) is 0 Å². The minimum Gasteiger partial charge on any atom is -0.343 e. The molecule has 3 aliphatic heterocycles. The highest BCUT2D eigenvalue weighted by Crippen LogP contribution is 2.44. The number of carbonyl (C=O) groups excluding carboxylic acids is 1. The van der Waals surface area contributed by atoms with Gasteiger partial charge in [0.15, 0.2) is 5.82 Å². The van der Waals surface area contributed by atoms with E-state index >= 15 is 8.78 Å². The van der Waals surface area contributed by atoms with E-state index in [1.165, 1.54) is 0 Å². The molecule has 302 valence electrons. The maximum absolute atomic E-state index is 15.2. The van der Waals surface area contributed by atoms with Crippen molar-refractivity contribution in [2.75, 3.05) is 65.4 Å². The Balaban J connectivity index is 0.000000225. The van der Waals surface area contributed by atoms with E-state index in [4.69, 9.17) is 10.3 Å². The van der Waals surface area contributed by atoms with Crippen molar-refractivity contribution in [3.05, 3.63) is 11.7 Å². The van der Waals surface area contributed by atoms with Gasteiger partial charge in [-0.2, -0.15) is 4.98 Å². The Morgan fingerprint density at radius 1 is 0.755 bits per heavy atom. The average molecular weight is 755 g/mol. The smallest absolute Gasteiger partial charge is 0.264 e. The number of likely N-dealkylation sites (tertiary alicyclic amines) is 1. The lowest BCUT2D eigenvalue weighted by atomic mass is 9.77. The number of piperazine rings is 2. The lowest BCUT2D eigenvalue weighted by Crippen LogP contribution is -2.62. The molecule has 3 saturated carbocycles. The SMILES string of the molecule is CC(C)N1CCN(C2CCCC(F)(F)[C@@H]2CC(=O)N2CCC(C)(c3noc(C4CC4)n3)CC2)CC1.CC(C)N1CCN(C2CCCC(F)(F)[C@@H]2N)CC1. The minimum atomic E-state index is -2.79. The van der Waals surface area contributed by atoms with Crippen molar-refractivity contribution < 1.29 is 26.9 Å². The van der Waals surface area contributed by atoms with Gasteiger partial charge in [-0.3, -0.25) is 24.4 Å². The number of piperidine rings is 1. The Bertz CT molecular complexity index is 1330. The molecule has 2 N–H and O–H groups in total. The molecule has 6 fully saturated rings. The highest BCUT2D eigenvalue weighted by Gasteiger charge is 2.51. The van der Waals surface area contributed by atoms with Crippen LogP contribution in [-0.2, 0) is 10.2 Å². The van der Waals surface area contributed by atoms with Crippen LogP contribution in [0.5, 0.6) is 0 Å². The number of hydrogen-bond donors (Lipinski definition) is 1. The second-order valence-corrected chi connectivity index (χ2v) is 17.8. The van der Waals surface area contributed by atoms with E-state index in [1.807, 2.05) is 0 Å². The van der Waals surface area contributed by atoms with Gasteiger partial charge in [-0.15, -0.1) is 0 Å². The van der Waals surface area contributed by atoms with Crippen LogP contribution in [0, 0.1) is 5.92 Å². The number of hydrogen-bond acceptors (Lipinski definition) is 9. The van der Waals surface area contributed by atoms with Crippen molar-refractivity contribution >= 4 is 5.91 Å². The van der Waals surface area contributed by atoms with E-state index in [-0.39, 0.29) is 42.7 Å². The molecule has 4 atom stereocenters. The second kappa shape index (κ2) is 16.7. The van der Waals surface area contributed by atoms with Crippen molar-refractivity contribution in [1.29, 1.82) is 0 Å². The van der Waals surface area contributed by atoms with Gasteiger partial charge < -0.3 is 15.2 Å². The second-order valence-electron chi connectivity index (χ2n) is 17.8. The molecule has 1 aromatic heterocycles. The average Bonchev–Trinajstić information content (AvgIpc) is 3.85. The molecule has 0 aromatic carbocycles. The fourth-order valence-corrected chi connectivity index (χ4v) is 9.46. The third-order valence-corrected chi connectivity index (χ3v) is 13.5. The predicted molar refractivity (Wildman–Crippen MR) is 197 cm³/mol. The van der Waals surface area contributed by atoms with Gasteiger partial charge in [-0.1, -0.05) is 12.1 Å². The molecular weight excluding hydrogens is 688 g/mol. The third-order valence-electron chi connectivity index (χ3n) is 13.5. The van der Waals surface area contributed by atoms with Gasteiger partial charge in [0, 0.05) is 126 Å². The number of carbonyl (C=O) groups is 1. The van der Waals surface area contributed by atoms with Crippen LogP contribution < -0.4 is 5.73 Å². The lowest BCUT2D eigenvalue weighted by molar-refractivity contribution is -0.151. The van der Waals surface area contributed by atoms with Crippen molar-refractivity contribution in [2.24, 2.45) is 11.7 Å². The van der Waals surface area contributed by atoms with Crippen molar-refractivity contribution in [2.45, 2.75) is 159 Å². The maximum atomic E-state index is 15.2. The summed E-state index contributed by atoms with van der Waals surface area (Å²) in [6.45, 7) is 19.0. The lowest BCUT2D eigenvalue weighted by Gasteiger charge is -2.47. The first-order valence-electron chi connectivity index (χ1n) is 20.7. The van der Waals surface area contributed by atoms with E-state index in [9.17, 15) is 13.6 Å². The van der Waals surface area contributed by atoms with E-state index in [0.29, 0.717) is 43.9 Å². The van der Waals surface area contributed by atoms with E-state index in [1.54, 1.807) is 4.90 Å². The van der Waals surface area contributed by atoms with Gasteiger partial charge in [0.1, 0.15) is 0 Å². The Morgan fingerprint density at radius 3 is 1.79 bits per heavy atom. The topological polar surface area (TPSA) is 98.2 Å². The fourth-order valence-electron chi connectivity index (χ4n) is 9.46. The van der Waals surface area contributed by atoms with Crippen LogP contribution in [0.2, 0.25) is 0 Å². The molecule has 53 heavy (non-hydrogen) atoms. The highest BCUT2D eigenvalue weighted by molar-refractivity contribution is 5.77. The Labute approximate surface area is 314 Å². The van der Waals surface area contributed by atoms with Crippen molar-refractivity contribution in [1.82, 2.24) is 34.6 Å². The van der Waals surface area contributed by atoms with E-state index in [2.05, 4.69) is 64.4 Å². The summed E-state index contributed by atoms with van der Waals surface area (Å²) < 4.78 is 63.1. The zero-order chi connectivity index (χ0) is 38.1. The first-order valence-corrected chi connectivity index (χ1v) is 20.7. The molecule has 14 heteroatoms. The largest absolute Gasteiger partial charge is 0.343 e. The van der Waals surface area contributed by atoms with E-state index in [0.717, 1.165) is 103 Å². The molecular formula is C39H66F4N8O2. The van der Waals surface area contributed by atoms with Crippen molar-refractivity contribution in [3.63, 3.8) is 0 Å². The summed E-state index contributed by atoms with van der Waals surface area (Å²) in [5, 5.41) is 4.24. The van der Waals surface area contributed by atoms with Gasteiger partial charge in [0.2, 0.25) is 11.8 Å². The van der Waals surface area contributed by atoms with Gasteiger partial charge in [-0.25, -0.2) is 17.6 Å². The molecule has 10 nitrogen and oxygen atoms in total. The first-order chi connectivity index (χ1) is 25.1. The molecule has 1 amide bonds. The number of amides is 1. The number of nitrogens with two attached hydrogens (primary N) is 1. The van der Waals surface area contributed by atoms with Crippen LogP contribution in [0.4, 0.5) is 17.6 Å². The van der Waals surface area contributed by atoms with Crippen LogP contribution >= 0.6 is 0 Å². The molecule has 2 unspecified atom stereocenters. The zero-order valence-corrected chi connectivity index (χ0v) is 32.9. The maximum Gasteiger partial charge on any atom is 0.264 e. The molecule has 4 heterocycles. The standard InChI is InChI=1S/C26H41F2N5O2.C13H25F2N3/c1-18(2)31-13-15-32(16-14-31)21-5-4-8-26(27,28)20(21)17-22(34)33-11-9-25(3,10-12-33)24-29-23(35-30-24)19-6-7-19;1-10(2)17-6-8-18(9-7-17)11-4-3-5-13(14,15)12(11)16/h18-21H,4-17H2,1-3H3;10-12H,3-9,16H2,1-2H3/t20-,21?;11?,12-/m11/s1. The van der Waals surface area contributed by atoms with Crippen LogP contribution in [0.25, 0.3) is 0 Å². The predicted octanol–water partition coefficient (Wildman–Crippen LogP) is 5.57. The third kappa shape index (κ3) is 9.57. The van der Waals surface area contributed by atoms with Gasteiger partial charge in [-0.05, 0) is 79.1 Å². The Morgan fingerprint density at radius 2 is 1.26 bits per heavy atom. The molecule has 6 aliphatic rings. The number of nitrogens with zero attached hydrogens (tertiary/aromatic N) is 7. The Kier molecular flexibility index (Phi) is 12.8. The molecule has 0 spiro atoms. The number of alkyl halides is 4. The molecule has 3 aliphatic carbocycles. The summed E-state index contributed by atoms with van der Waals surface area (Å²) in [6.07, 6.45) is 6.16. The molecule has 3 saturated heterocycles. The van der Waals surface area contributed by atoms with Gasteiger partial charge in [0.05, 0.1) is 6.04 Å². The number of halogens is 4. The fraction of sp³-hybridized carbons (Fsp3) is 0.923. The van der Waals surface area contributed by atoms with Crippen LogP contribution in [-0.4, -0.2) is 148 Å². The summed E-state index contributed by atoms with van der Waals surface area (Å²) >= 11 is 0. The van der Waals surface area contributed by atoms with Gasteiger partial charge >= 0.3 is 0 Å². The summed E-state index contributed by atoms with van der Waals surface area (Å²) in [5.41, 5.74) is 5.54. The normalized spacial score (nSPS) is 31.7. The summed E-state index contributed by atoms with van der Waals surface area (Å²) in [7, 11) is 0. The zero-order valence-electron chi connectivity index (χ0n) is 32.9. The van der Waals surface area contributed by atoms with Gasteiger partial charge in [0.25, 0.3) is 11.8 Å². The van der Waals surface area contributed by atoms with Crippen LogP contribution in [0.15, 0.2) is 4.52 Å². The molecule has 0 radical (unpaired) electrons.